The summed E-state index contributed by atoms with van der Waals surface area (Å²) in [5.74, 6) is 0. The summed E-state index contributed by atoms with van der Waals surface area (Å²) >= 11 is 0. The van der Waals surface area contributed by atoms with E-state index in [1.807, 2.05) is 0 Å². The van der Waals surface area contributed by atoms with Crippen LogP contribution >= 0.6 is 0 Å². The van der Waals surface area contributed by atoms with Gasteiger partial charge in [0.15, 0.2) is 0 Å². The largest absolute Gasteiger partial charge is 0.371 e. The Morgan fingerprint density at radius 3 is 2.21 bits per heavy atom. The Morgan fingerprint density at radius 1 is 0.857 bits per heavy atom. The normalized spacial score (nSPS) is 24.7. The predicted octanol–water partition coefficient (Wildman–Crippen LogP) is 3.48. The van der Waals surface area contributed by atoms with Crippen molar-refractivity contribution >= 4 is 0 Å². The molecular weight excluding hydrogens is 170 g/mol. The minimum Gasteiger partial charge on any atom is -0.371 e. The molecule has 0 amide bonds. The Kier molecular flexibility index (Phi) is 3.67. The molecule has 78 valence electrons. The molecule has 0 aromatic rings. The average molecular weight is 191 g/mol. The van der Waals surface area contributed by atoms with Gasteiger partial charge < -0.3 is 4.90 Å². The highest BCUT2D eigenvalue weighted by Crippen LogP contribution is 2.22. The Labute approximate surface area is 87.5 Å². The molecule has 0 radical (unpaired) electrons. The Hall–Kier alpha value is -0.720. The van der Waals surface area contributed by atoms with E-state index in [4.69, 9.17) is 0 Å². The number of hydrogen-bond acceptors (Lipinski definition) is 1. The average Bonchev–Trinajstić information content (AvgIpc) is 2.18. The molecule has 1 fully saturated rings. The smallest absolute Gasteiger partial charge is 0.0360 e. The molecule has 1 heterocycles. The van der Waals surface area contributed by atoms with Crippen LogP contribution in [0.5, 0.6) is 0 Å². The molecule has 0 spiro atoms. The molecule has 0 aromatic carbocycles. The molecule has 1 aliphatic carbocycles. The van der Waals surface area contributed by atoms with Gasteiger partial charge in [0.05, 0.1) is 0 Å². The second-order valence-electron chi connectivity index (χ2n) is 4.47. The van der Waals surface area contributed by atoms with Crippen molar-refractivity contribution in [2.75, 3.05) is 6.54 Å². The summed E-state index contributed by atoms with van der Waals surface area (Å²) in [6.07, 6.45) is 18.9. The third-order valence-corrected chi connectivity index (χ3v) is 3.38. The van der Waals surface area contributed by atoms with Crippen molar-refractivity contribution in [3.8, 4) is 0 Å². The molecule has 1 nitrogen and oxygen atoms in total. The lowest BCUT2D eigenvalue weighted by atomic mass is 9.95. The van der Waals surface area contributed by atoms with Crippen LogP contribution in [0.3, 0.4) is 0 Å². The van der Waals surface area contributed by atoms with E-state index in [-0.39, 0.29) is 0 Å². The maximum atomic E-state index is 2.52. The van der Waals surface area contributed by atoms with Crippen LogP contribution in [0.4, 0.5) is 0 Å². The van der Waals surface area contributed by atoms with Crippen molar-refractivity contribution in [3.05, 3.63) is 24.4 Å². The first-order valence-corrected chi connectivity index (χ1v) is 6.06. The fraction of sp³-hybridized carbons (Fsp3) is 0.692. The first-order valence-electron chi connectivity index (χ1n) is 6.06. The van der Waals surface area contributed by atoms with Crippen LogP contribution in [0.2, 0.25) is 0 Å². The highest BCUT2D eigenvalue weighted by Gasteiger charge is 2.16. The van der Waals surface area contributed by atoms with Gasteiger partial charge in [0.25, 0.3) is 0 Å². The minimum atomic E-state index is 0.816. The van der Waals surface area contributed by atoms with Crippen molar-refractivity contribution in [2.24, 2.45) is 0 Å². The second-order valence-corrected chi connectivity index (χ2v) is 4.47. The fourth-order valence-electron chi connectivity index (χ4n) is 2.52. The van der Waals surface area contributed by atoms with E-state index in [2.05, 4.69) is 29.3 Å². The molecule has 1 saturated carbocycles. The summed E-state index contributed by atoms with van der Waals surface area (Å²) in [7, 11) is 0. The molecule has 14 heavy (non-hydrogen) atoms. The third-order valence-electron chi connectivity index (χ3n) is 3.38. The highest BCUT2D eigenvalue weighted by atomic mass is 15.1. The SMILES string of the molecule is C1=CCN(C2CCCCCCC2)C=C1. The van der Waals surface area contributed by atoms with Crippen molar-refractivity contribution in [3.63, 3.8) is 0 Å². The van der Waals surface area contributed by atoms with Gasteiger partial charge >= 0.3 is 0 Å². The van der Waals surface area contributed by atoms with E-state index in [1.54, 1.807) is 0 Å². The lowest BCUT2D eigenvalue weighted by Gasteiger charge is -2.32. The lowest BCUT2D eigenvalue weighted by Crippen LogP contribution is -2.32. The molecule has 0 bridgehead atoms. The predicted molar refractivity (Wildman–Crippen MR) is 61.1 cm³/mol. The van der Waals surface area contributed by atoms with Gasteiger partial charge in [-0.1, -0.05) is 44.3 Å². The van der Waals surface area contributed by atoms with Crippen molar-refractivity contribution in [1.29, 1.82) is 0 Å². The van der Waals surface area contributed by atoms with Crippen LogP contribution in [0, 0.1) is 0 Å². The van der Waals surface area contributed by atoms with Gasteiger partial charge in [-0.3, -0.25) is 0 Å². The second kappa shape index (κ2) is 5.23. The van der Waals surface area contributed by atoms with Crippen LogP contribution in [0.25, 0.3) is 0 Å². The van der Waals surface area contributed by atoms with Crippen molar-refractivity contribution in [1.82, 2.24) is 4.90 Å². The van der Waals surface area contributed by atoms with Gasteiger partial charge in [-0.25, -0.2) is 0 Å². The Morgan fingerprint density at radius 2 is 1.57 bits per heavy atom. The lowest BCUT2D eigenvalue weighted by molar-refractivity contribution is 0.247. The maximum Gasteiger partial charge on any atom is 0.0360 e. The van der Waals surface area contributed by atoms with Crippen LogP contribution in [0.1, 0.15) is 44.9 Å². The van der Waals surface area contributed by atoms with Crippen LogP contribution < -0.4 is 0 Å². The zero-order valence-corrected chi connectivity index (χ0v) is 8.99. The van der Waals surface area contributed by atoms with Gasteiger partial charge in [-0.15, -0.1) is 0 Å². The van der Waals surface area contributed by atoms with E-state index in [0.717, 1.165) is 12.6 Å². The Balaban J connectivity index is 1.87. The fourth-order valence-corrected chi connectivity index (χ4v) is 2.52. The quantitative estimate of drug-likeness (QED) is 0.613. The van der Waals surface area contributed by atoms with Crippen molar-refractivity contribution < 1.29 is 0 Å². The molecule has 0 saturated heterocycles. The molecule has 0 unspecified atom stereocenters. The summed E-state index contributed by atoms with van der Waals surface area (Å²) in [6.45, 7) is 1.13. The first kappa shape index (κ1) is 9.82. The molecule has 2 aliphatic rings. The summed E-state index contributed by atoms with van der Waals surface area (Å²) in [5, 5.41) is 0. The van der Waals surface area contributed by atoms with E-state index in [9.17, 15) is 0 Å². The van der Waals surface area contributed by atoms with Crippen LogP contribution in [-0.2, 0) is 0 Å². The standard InChI is InChI=1S/C13H21N/c1-2-5-9-13(10-6-3-1)14-11-7-4-8-12-14/h4,7-8,11,13H,1-3,5-6,9-10,12H2. The van der Waals surface area contributed by atoms with E-state index in [0.29, 0.717) is 0 Å². The molecule has 0 atom stereocenters. The van der Waals surface area contributed by atoms with Crippen LogP contribution in [0.15, 0.2) is 24.4 Å². The molecular formula is C13H21N. The summed E-state index contributed by atoms with van der Waals surface area (Å²) in [4.78, 5) is 2.52. The van der Waals surface area contributed by atoms with Gasteiger partial charge in [0, 0.05) is 12.6 Å². The third kappa shape index (κ3) is 2.63. The number of rotatable bonds is 1. The number of allylic oxidation sites excluding steroid dienone is 2. The molecule has 0 aromatic heterocycles. The van der Waals surface area contributed by atoms with Gasteiger partial charge in [0.2, 0.25) is 0 Å². The zero-order valence-electron chi connectivity index (χ0n) is 8.99. The maximum absolute atomic E-state index is 2.52. The van der Waals surface area contributed by atoms with Gasteiger partial charge in [-0.05, 0) is 25.1 Å². The molecule has 2 rings (SSSR count). The minimum absolute atomic E-state index is 0.816. The van der Waals surface area contributed by atoms with Gasteiger partial charge in [-0.2, -0.15) is 0 Å². The summed E-state index contributed by atoms with van der Waals surface area (Å²) in [5.41, 5.74) is 0. The van der Waals surface area contributed by atoms with Crippen LogP contribution in [-0.4, -0.2) is 17.5 Å². The zero-order chi connectivity index (χ0) is 9.64. The summed E-state index contributed by atoms with van der Waals surface area (Å²) < 4.78 is 0. The van der Waals surface area contributed by atoms with Crippen molar-refractivity contribution in [2.45, 2.75) is 51.0 Å². The first-order chi connectivity index (χ1) is 6.97. The van der Waals surface area contributed by atoms with Gasteiger partial charge in [0.1, 0.15) is 0 Å². The monoisotopic (exact) mass is 191 g/mol. The number of hydrogen-bond donors (Lipinski definition) is 0. The van der Waals surface area contributed by atoms with E-state index >= 15 is 0 Å². The topological polar surface area (TPSA) is 3.24 Å². The Bertz CT molecular complexity index is 209. The van der Waals surface area contributed by atoms with E-state index < -0.39 is 0 Å². The van der Waals surface area contributed by atoms with E-state index in [1.165, 1.54) is 44.9 Å². The molecule has 1 aliphatic heterocycles. The number of nitrogens with zero attached hydrogens (tertiary/aromatic N) is 1. The molecule has 1 heteroatoms. The summed E-state index contributed by atoms with van der Waals surface area (Å²) in [6, 6.07) is 0.816. The molecule has 0 N–H and O–H groups in total. The highest BCUT2D eigenvalue weighted by molar-refractivity contribution is 5.09.